The monoisotopic (exact) mass is 570 g/mol. The van der Waals surface area contributed by atoms with Crippen LogP contribution < -0.4 is 19.7 Å². The van der Waals surface area contributed by atoms with Crippen molar-refractivity contribution in [3.05, 3.63) is 90.3 Å². The van der Waals surface area contributed by atoms with Crippen molar-refractivity contribution in [2.45, 2.75) is 41.5 Å². The Morgan fingerprint density at radius 2 is 1.00 bits per heavy atom. The van der Waals surface area contributed by atoms with Crippen LogP contribution in [0.15, 0.2) is 89.3 Å². The Kier molecular flexibility index (Phi) is 8.12. The second kappa shape index (κ2) is 12.1. The highest BCUT2D eigenvalue weighted by Crippen LogP contribution is 2.42. The van der Waals surface area contributed by atoms with Crippen LogP contribution in [-0.2, 0) is 0 Å². The van der Waals surface area contributed by atoms with Gasteiger partial charge in [-0.15, -0.1) is 0 Å². The van der Waals surface area contributed by atoms with Crippen molar-refractivity contribution in [2.24, 2.45) is 0 Å². The predicted molar refractivity (Wildman–Crippen MR) is 188 cm³/mol. The number of anilines is 2. The smallest absolute Gasteiger partial charge is 0.200 e. The van der Waals surface area contributed by atoms with E-state index in [4.69, 9.17) is 4.42 Å². The van der Waals surface area contributed by atoms with Crippen LogP contribution in [0.5, 0.6) is 0 Å². The summed E-state index contributed by atoms with van der Waals surface area (Å²) in [5.41, 5.74) is 6.83. The third-order valence-corrected chi connectivity index (χ3v) is 9.19. The SMILES string of the molecule is CCN(CC)c1ccc(-c2c3ccc4cc(N(CC)CC)ccc4c3oc3c2ccc2cc(=[N+](CC)CC)ccc23)cc1. The Morgan fingerprint density at radius 1 is 0.512 bits per heavy atom. The Morgan fingerprint density at radius 3 is 1.56 bits per heavy atom. The van der Waals surface area contributed by atoms with E-state index in [2.05, 4.69) is 141 Å². The van der Waals surface area contributed by atoms with Gasteiger partial charge in [0, 0.05) is 76.8 Å². The maximum atomic E-state index is 7.00. The van der Waals surface area contributed by atoms with Gasteiger partial charge in [-0.1, -0.05) is 24.3 Å². The number of hydrogen-bond acceptors (Lipinski definition) is 3. The topological polar surface area (TPSA) is 22.6 Å². The molecule has 0 N–H and O–H groups in total. The van der Waals surface area contributed by atoms with Gasteiger partial charge in [0.2, 0.25) is 5.36 Å². The van der Waals surface area contributed by atoms with Gasteiger partial charge in [0.1, 0.15) is 24.3 Å². The van der Waals surface area contributed by atoms with Gasteiger partial charge in [-0.25, -0.2) is 4.58 Å². The van der Waals surface area contributed by atoms with Gasteiger partial charge < -0.3 is 14.2 Å². The lowest BCUT2D eigenvalue weighted by Gasteiger charge is -2.22. The molecule has 0 saturated carbocycles. The van der Waals surface area contributed by atoms with Gasteiger partial charge in [0.25, 0.3) is 0 Å². The van der Waals surface area contributed by atoms with E-state index in [1.165, 1.54) is 38.6 Å². The van der Waals surface area contributed by atoms with Gasteiger partial charge in [-0.05, 0) is 106 Å². The van der Waals surface area contributed by atoms with Crippen LogP contribution in [0, 0.1) is 0 Å². The van der Waals surface area contributed by atoms with Gasteiger partial charge in [0.15, 0.2) is 0 Å². The molecule has 0 fully saturated rings. The summed E-state index contributed by atoms with van der Waals surface area (Å²) in [6, 6.07) is 31.7. The van der Waals surface area contributed by atoms with E-state index in [9.17, 15) is 0 Å². The van der Waals surface area contributed by atoms with Gasteiger partial charge >= 0.3 is 0 Å². The van der Waals surface area contributed by atoms with Crippen molar-refractivity contribution in [1.82, 2.24) is 4.58 Å². The van der Waals surface area contributed by atoms with E-state index in [0.29, 0.717) is 0 Å². The average molecular weight is 571 g/mol. The molecular formula is C39H44N3O+. The fraction of sp³-hybridized carbons (Fsp3) is 0.308. The van der Waals surface area contributed by atoms with Crippen molar-refractivity contribution in [1.29, 1.82) is 0 Å². The van der Waals surface area contributed by atoms with E-state index in [-0.39, 0.29) is 0 Å². The zero-order valence-corrected chi connectivity index (χ0v) is 26.6. The number of rotatable bonds is 9. The summed E-state index contributed by atoms with van der Waals surface area (Å²) in [6.45, 7) is 19.2. The van der Waals surface area contributed by atoms with E-state index >= 15 is 0 Å². The van der Waals surface area contributed by atoms with Crippen LogP contribution in [-0.4, -0.2) is 39.3 Å². The molecule has 1 aromatic heterocycles. The van der Waals surface area contributed by atoms with Crippen molar-refractivity contribution in [2.75, 3.05) is 49.1 Å². The minimum Gasteiger partial charge on any atom is -0.455 e. The summed E-state index contributed by atoms with van der Waals surface area (Å²) in [4.78, 5) is 4.79. The largest absolute Gasteiger partial charge is 0.455 e. The molecule has 220 valence electrons. The molecule has 6 aromatic rings. The maximum absolute atomic E-state index is 7.00. The van der Waals surface area contributed by atoms with Crippen LogP contribution in [0.4, 0.5) is 11.4 Å². The number of benzene rings is 5. The van der Waals surface area contributed by atoms with Crippen LogP contribution >= 0.6 is 0 Å². The third-order valence-electron chi connectivity index (χ3n) is 9.19. The molecule has 0 bridgehead atoms. The molecule has 4 heteroatoms. The molecule has 0 amide bonds. The van der Waals surface area contributed by atoms with Crippen LogP contribution in [0.3, 0.4) is 0 Å². The van der Waals surface area contributed by atoms with Crippen molar-refractivity contribution in [3.8, 4) is 11.1 Å². The number of fused-ring (bicyclic) bond motifs is 6. The molecular weight excluding hydrogens is 526 g/mol. The van der Waals surface area contributed by atoms with Crippen molar-refractivity contribution >= 4 is 54.9 Å². The molecule has 6 rings (SSSR count). The van der Waals surface area contributed by atoms with E-state index < -0.39 is 0 Å². The summed E-state index contributed by atoms with van der Waals surface area (Å²) in [7, 11) is 0. The number of nitrogens with zero attached hydrogens (tertiary/aromatic N) is 3. The van der Waals surface area contributed by atoms with Crippen LogP contribution in [0.2, 0.25) is 0 Å². The zero-order chi connectivity index (χ0) is 30.1. The highest BCUT2D eigenvalue weighted by molar-refractivity contribution is 6.19. The fourth-order valence-corrected chi connectivity index (χ4v) is 6.75. The molecule has 0 spiro atoms. The van der Waals surface area contributed by atoms with Gasteiger partial charge in [0.05, 0.1) is 0 Å². The first-order valence-corrected chi connectivity index (χ1v) is 16.1. The second-order valence-corrected chi connectivity index (χ2v) is 11.2. The predicted octanol–water partition coefficient (Wildman–Crippen LogP) is 9.06. The second-order valence-electron chi connectivity index (χ2n) is 11.2. The lowest BCUT2D eigenvalue weighted by molar-refractivity contribution is 0.627. The Hall–Kier alpha value is -4.31. The molecule has 4 nitrogen and oxygen atoms in total. The first-order chi connectivity index (χ1) is 21.0. The Labute approximate surface area is 255 Å². The first kappa shape index (κ1) is 28.8. The van der Waals surface area contributed by atoms with Crippen molar-refractivity contribution < 1.29 is 4.42 Å². The normalized spacial score (nSPS) is 11.6. The average Bonchev–Trinajstić information content (AvgIpc) is 3.05. The zero-order valence-electron chi connectivity index (χ0n) is 26.6. The standard InChI is InChI=1S/C39H44N3O/c1-7-40(8-2)30-17-13-27(14-18-30)37-35-21-15-28-25-31(41(9-3)10-4)19-23-33(28)38(35)43-39-34-24-20-32(42(11-5)12-6)26-29(34)16-22-36(37)39/h13-26H,7-12H2,1-6H3/q+1. The lowest BCUT2D eigenvalue weighted by Crippen LogP contribution is -2.29. The van der Waals surface area contributed by atoms with Crippen LogP contribution in [0.1, 0.15) is 41.5 Å². The maximum Gasteiger partial charge on any atom is 0.200 e. The summed E-state index contributed by atoms with van der Waals surface area (Å²) in [5.74, 6) is 0. The fourth-order valence-electron chi connectivity index (χ4n) is 6.75. The Balaban J connectivity index is 1.68. The molecule has 0 aliphatic heterocycles. The molecule has 0 saturated heterocycles. The van der Waals surface area contributed by atoms with Crippen LogP contribution in [0.25, 0.3) is 54.6 Å². The molecule has 5 aromatic carbocycles. The van der Waals surface area contributed by atoms with E-state index in [0.717, 1.165) is 72.0 Å². The summed E-state index contributed by atoms with van der Waals surface area (Å²) in [5, 5.41) is 8.23. The molecule has 0 unspecified atom stereocenters. The summed E-state index contributed by atoms with van der Waals surface area (Å²) in [6.07, 6.45) is 0. The molecule has 43 heavy (non-hydrogen) atoms. The highest BCUT2D eigenvalue weighted by atomic mass is 16.3. The van der Waals surface area contributed by atoms with E-state index in [1.54, 1.807) is 0 Å². The molecule has 0 atom stereocenters. The van der Waals surface area contributed by atoms with Gasteiger partial charge in [-0.3, -0.25) is 0 Å². The third kappa shape index (κ3) is 5.03. The molecule has 0 radical (unpaired) electrons. The Bertz CT molecular complexity index is 1990. The molecule has 1 heterocycles. The highest BCUT2D eigenvalue weighted by Gasteiger charge is 2.18. The first-order valence-electron chi connectivity index (χ1n) is 16.1. The van der Waals surface area contributed by atoms with E-state index in [1.807, 2.05) is 0 Å². The lowest BCUT2D eigenvalue weighted by atomic mass is 9.93. The molecule has 0 aliphatic carbocycles. The quantitative estimate of drug-likeness (QED) is 0.0984. The van der Waals surface area contributed by atoms with Crippen molar-refractivity contribution in [3.63, 3.8) is 0 Å². The summed E-state index contributed by atoms with van der Waals surface area (Å²) >= 11 is 0. The minimum absolute atomic E-state index is 0.944. The summed E-state index contributed by atoms with van der Waals surface area (Å²) < 4.78 is 9.40. The number of hydrogen-bond donors (Lipinski definition) is 0. The molecule has 0 aliphatic rings. The van der Waals surface area contributed by atoms with Gasteiger partial charge in [-0.2, -0.15) is 0 Å². The minimum atomic E-state index is 0.944.